The van der Waals surface area contributed by atoms with Gasteiger partial charge >= 0.3 is 17.9 Å². The second-order valence-electron chi connectivity index (χ2n) is 21.7. The number of hydrogen-bond acceptors (Lipinski definition) is 6. The summed E-state index contributed by atoms with van der Waals surface area (Å²) >= 11 is 0. The molecule has 0 saturated heterocycles. The highest BCUT2D eigenvalue weighted by atomic mass is 16.6. The van der Waals surface area contributed by atoms with Crippen molar-refractivity contribution in [2.24, 2.45) is 0 Å². The third-order valence-corrected chi connectivity index (χ3v) is 14.3. The Labute approximate surface area is 460 Å². The van der Waals surface area contributed by atoms with Gasteiger partial charge in [-0.15, -0.1) is 0 Å². The number of allylic oxidation sites excluding steroid dienone is 10. The minimum atomic E-state index is -0.765. The number of carbonyl (C=O) groups excluding carboxylic acids is 3. The van der Waals surface area contributed by atoms with Crippen molar-refractivity contribution in [2.45, 2.75) is 341 Å². The highest BCUT2D eigenvalue weighted by molar-refractivity contribution is 5.71. The lowest BCUT2D eigenvalue weighted by atomic mass is 10.0. The molecule has 0 fully saturated rings. The minimum absolute atomic E-state index is 0.0678. The van der Waals surface area contributed by atoms with Crippen LogP contribution in [0.3, 0.4) is 0 Å². The zero-order valence-corrected chi connectivity index (χ0v) is 49.4. The van der Waals surface area contributed by atoms with E-state index in [0.29, 0.717) is 19.3 Å². The molecule has 0 heterocycles. The predicted octanol–water partition coefficient (Wildman–Crippen LogP) is 21.9. The fraction of sp³-hybridized carbons (Fsp3) is 0.809. The first kappa shape index (κ1) is 71.1. The summed E-state index contributed by atoms with van der Waals surface area (Å²) in [5, 5.41) is 0. The smallest absolute Gasteiger partial charge is 0.306 e. The van der Waals surface area contributed by atoms with Gasteiger partial charge in [0.1, 0.15) is 13.2 Å². The molecule has 0 radical (unpaired) electrons. The summed E-state index contributed by atoms with van der Waals surface area (Å²) in [6.45, 7) is 6.49. The fourth-order valence-electron chi connectivity index (χ4n) is 9.47. The van der Waals surface area contributed by atoms with E-state index in [9.17, 15) is 14.4 Å². The molecule has 0 N–H and O–H groups in total. The van der Waals surface area contributed by atoms with Crippen molar-refractivity contribution in [3.8, 4) is 0 Å². The van der Waals surface area contributed by atoms with E-state index < -0.39 is 6.10 Å². The van der Waals surface area contributed by atoms with Crippen molar-refractivity contribution in [2.75, 3.05) is 13.2 Å². The molecule has 0 rings (SSSR count). The van der Waals surface area contributed by atoms with Crippen LogP contribution in [0.1, 0.15) is 335 Å². The average molecular weight is 1040 g/mol. The van der Waals surface area contributed by atoms with Gasteiger partial charge in [-0.2, -0.15) is 0 Å². The Morgan fingerprint density at radius 2 is 0.527 bits per heavy atom. The summed E-state index contributed by atoms with van der Waals surface area (Å²) < 4.78 is 16.8. The van der Waals surface area contributed by atoms with Gasteiger partial charge in [0.15, 0.2) is 6.10 Å². The summed E-state index contributed by atoms with van der Waals surface area (Å²) in [7, 11) is 0. The Balaban J connectivity index is 3.89. The highest BCUT2D eigenvalue weighted by Crippen LogP contribution is 2.18. The van der Waals surface area contributed by atoms with Crippen molar-refractivity contribution >= 4 is 17.9 Å². The van der Waals surface area contributed by atoms with Gasteiger partial charge in [0.25, 0.3) is 0 Å². The first-order valence-corrected chi connectivity index (χ1v) is 32.3. The van der Waals surface area contributed by atoms with E-state index in [4.69, 9.17) is 14.2 Å². The Hall–Kier alpha value is -2.89. The summed E-state index contributed by atoms with van der Waals surface area (Å²) in [5.74, 6) is -0.863. The third kappa shape index (κ3) is 60.0. The molecule has 0 aliphatic heterocycles. The first-order valence-electron chi connectivity index (χ1n) is 32.3. The molecule has 74 heavy (non-hydrogen) atoms. The largest absolute Gasteiger partial charge is 0.462 e. The summed E-state index contributed by atoms with van der Waals surface area (Å²) in [4.78, 5) is 37.9. The molecular weight excluding hydrogens is 913 g/mol. The van der Waals surface area contributed by atoms with Crippen LogP contribution in [-0.4, -0.2) is 37.2 Å². The van der Waals surface area contributed by atoms with Gasteiger partial charge in [0.2, 0.25) is 0 Å². The van der Waals surface area contributed by atoms with Crippen LogP contribution in [0.5, 0.6) is 0 Å². The molecule has 430 valence electrons. The molecule has 1 atom stereocenters. The second-order valence-corrected chi connectivity index (χ2v) is 21.7. The summed E-state index contributed by atoms with van der Waals surface area (Å²) in [5.41, 5.74) is 0. The van der Waals surface area contributed by atoms with Gasteiger partial charge in [0.05, 0.1) is 0 Å². The van der Waals surface area contributed by atoms with Gasteiger partial charge in [-0.05, 0) is 64.2 Å². The predicted molar refractivity (Wildman–Crippen MR) is 321 cm³/mol. The molecule has 0 saturated carbocycles. The van der Waals surface area contributed by atoms with Crippen molar-refractivity contribution < 1.29 is 28.6 Å². The SMILES string of the molecule is CC/C=C\C/C=C\C/C=C\C/C=C\C/C=C\CCCCCCCCCCCCCCCCCCCCCC(=O)OCC(COC(=O)CCCCCCC)OC(=O)CCCCCCCCCCCCCCCCCC. The van der Waals surface area contributed by atoms with Crippen LogP contribution in [0.2, 0.25) is 0 Å². The van der Waals surface area contributed by atoms with E-state index >= 15 is 0 Å². The number of unbranched alkanes of at least 4 members (excludes halogenated alkanes) is 38. The van der Waals surface area contributed by atoms with Crippen LogP contribution in [0, 0.1) is 0 Å². The molecule has 0 aliphatic carbocycles. The van der Waals surface area contributed by atoms with Gasteiger partial charge in [-0.25, -0.2) is 0 Å². The lowest BCUT2D eigenvalue weighted by Gasteiger charge is -2.18. The normalized spacial score (nSPS) is 12.4. The third-order valence-electron chi connectivity index (χ3n) is 14.3. The lowest BCUT2D eigenvalue weighted by molar-refractivity contribution is -0.167. The molecule has 0 aliphatic rings. The van der Waals surface area contributed by atoms with Crippen molar-refractivity contribution in [1.29, 1.82) is 0 Å². The number of esters is 3. The van der Waals surface area contributed by atoms with Crippen LogP contribution < -0.4 is 0 Å². The monoisotopic (exact) mass is 1030 g/mol. The number of rotatable bonds is 59. The maximum absolute atomic E-state index is 12.8. The zero-order valence-electron chi connectivity index (χ0n) is 49.4. The lowest BCUT2D eigenvalue weighted by Crippen LogP contribution is -2.30. The summed E-state index contributed by atoms with van der Waals surface area (Å²) in [6.07, 6.45) is 80.1. The second kappa shape index (κ2) is 62.6. The Morgan fingerprint density at radius 1 is 0.284 bits per heavy atom. The van der Waals surface area contributed by atoms with Crippen LogP contribution in [-0.2, 0) is 28.6 Å². The van der Waals surface area contributed by atoms with E-state index in [0.717, 1.165) is 96.3 Å². The van der Waals surface area contributed by atoms with E-state index in [1.807, 2.05) is 0 Å². The summed E-state index contributed by atoms with van der Waals surface area (Å²) in [6, 6.07) is 0. The van der Waals surface area contributed by atoms with Crippen molar-refractivity contribution in [3.05, 3.63) is 60.8 Å². The standard InChI is InChI=1S/C68H122O6/c1-4-7-10-13-15-17-19-21-23-25-26-27-28-29-30-31-32-33-34-35-36-37-38-39-40-41-42-43-45-46-48-50-52-55-58-61-67(70)73-64-65(63-72-66(69)60-57-54-12-9-6-3)74-68(71)62-59-56-53-51-49-47-44-24-22-20-18-16-14-11-8-5-2/h7,10,15,17,21,23,26-27,29-30,65H,4-6,8-9,11-14,16,18-20,22,24-25,28,31-64H2,1-3H3/b10-7-,17-15-,23-21-,27-26-,30-29-. The van der Waals surface area contributed by atoms with Gasteiger partial charge in [-0.3, -0.25) is 14.4 Å². The van der Waals surface area contributed by atoms with E-state index in [2.05, 4.69) is 81.5 Å². The molecule has 0 aromatic carbocycles. The van der Waals surface area contributed by atoms with Crippen molar-refractivity contribution in [1.82, 2.24) is 0 Å². The highest BCUT2D eigenvalue weighted by Gasteiger charge is 2.19. The van der Waals surface area contributed by atoms with Crippen LogP contribution in [0.15, 0.2) is 60.8 Å². The van der Waals surface area contributed by atoms with Crippen molar-refractivity contribution in [3.63, 3.8) is 0 Å². The molecule has 0 bridgehead atoms. The maximum atomic E-state index is 12.8. The van der Waals surface area contributed by atoms with E-state index in [1.165, 1.54) is 199 Å². The molecule has 1 unspecified atom stereocenters. The topological polar surface area (TPSA) is 78.9 Å². The Kier molecular flexibility index (Phi) is 60.2. The number of carbonyl (C=O) groups is 3. The van der Waals surface area contributed by atoms with Gasteiger partial charge in [0, 0.05) is 19.3 Å². The molecule has 0 spiro atoms. The average Bonchev–Trinajstić information content (AvgIpc) is 3.40. The van der Waals surface area contributed by atoms with E-state index in [-0.39, 0.29) is 31.1 Å². The Bertz CT molecular complexity index is 1330. The Morgan fingerprint density at radius 3 is 0.824 bits per heavy atom. The minimum Gasteiger partial charge on any atom is -0.462 e. The van der Waals surface area contributed by atoms with Crippen LogP contribution >= 0.6 is 0 Å². The van der Waals surface area contributed by atoms with Crippen LogP contribution in [0.25, 0.3) is 0 Å². The number of hydrogen-bond donors (Lipinski definition) is 0. The van der Waals surface area contributed by atoms with Crippen LogP contribution in [0.4, 0.5) is 0 Å². The van der Waals surface area contributed by atoms with Gasteiger partial charge < -0.3 is 14.2 Å². The molecule has 0 amide bonds. The molecular formula is C68H122O6. The zero-order chi connectivity index (χ0) is 53.6. The number of ether oxygens (including phenoxy) is 3. The first-order chi connectivity index (χ1) is 36.5. The van der Waals surface area contributed by atoms with E-state index in [1.54, 1.807) is 0 Å². The fourth-order valence-corrected chi connectivity index (χ4v) is 9.47. The molecule has 0 aromatic heterocycles. The van der Waals surface area contributed by atoms with Gasteiger partial charge in [-0.1, -0.05) is 313 Å². The maximum Gasteiger partial charge on any atom is 0.306 e. The molecule has 6 nitrogen and oxygen atoms in total. The molecule has 0 aromatic rings. The quantitative estimate of drug-likeness (QED) is 0.0261. The molecule has 6 heteroatoms.